The monoisotopic (exact) mass is 512 g/mol. The van der Waals surface area contributed by atoms with E-state index in [2.05, 4.69) is 22.1 Å². The van der Waals surface area contributed by atoms with E-state index < -0.39 is 0 Å². The molecule has 2 aromatic rings. The Morgan fingerprint density at radius 2 is 1.97 bits per heavy atom. The fourth-order valence-corrected chi connectivity index (χ4v) is 3.25. The van der Waals surface area contributed by atoms with Crippen molar-refractivity contribution in [2.75, 3.05) is 37.6 Å². The molecule has 1 fully saturated rings. The van der Waals surface area contributed by atoms with Crippen molar-refractivity contribution >= 4 is 35.8 Å². The molecular formula is C20H29IN6O2. The van der Waals surface area contributed by atoms with E-state index in [1.54, 1.807) is 24.0 Å². The maximum Gasteiger partial charge on any atom is 0.293 e. The maximum atomic E-state index is 12.3. The van der Waals surface area contributed by atoms with E-state index in [1.807, 2.05) is 29.2 Å². The number of benzene rings is 1. The van der Waals surface area contributed by atoms with Gasteiger partial charge in [-0.2, -0.15) is 0 Å². The summed E-state index contributed by atoms with van der Waals surface area (Å²) < 4.78 is 1.56. The van der Waals surface area contributed by atoms with Crippen LogP contribution in [0.2, 0.25) is 0 Å². The number of aromatic nitrogens is 2. The fraction of sp³-hybridized carbons (Fsp3) is 0.450. The first-order valence-electron chi connectivity index (χ1n) is 9.61. The Morgan fingerprint density at radius 3 is 2.66 bits per heavy atom. The normalized spacial score (nSPS) is 14.5. The number of aliphatic hydroxyl groups is 1. The first-order chi connectivity index (χ1) is 13.6. The number of aliphatic hydroxyl groups excluding tert-OH is 1. The third-order valence-corrected chi connectivity index (χ3v) is 4.80. The van der Waals surface area contributed by atoms with Gasteiger partial charge < -0.3 is 24.8 Å². The molecule has 0 bridgehead atoms. The topological polar surface area (TPSA) is 86.0 Å². The van der Waals surface area contributed by atoms with Crippen molar-refractivity contribution in [3.63, 3.8) is 0 Å². The van der Waals surface area contributed by atoms with Crippen LogP contribution in [0.1, 0.15) is 18.1 Å². The Balaban J connectivity index is 0.00000300. The van der Waals surface area contributed by atoms with E-state index in [0.29, 0.717) is 12.4 Å². The summed E-state index contributed by atoms with van der Waals surface area (Å²) in [4.78, 5) is 25.6. The summed E-state index contributed by atoms with van der Waals surface area (Å²) in [5.74, 6) is 1.37. The molecule has 0 amide bonds. The van der Waals surface area contributed by atoms with E-state index in [4.69, 9.17) is 4.99 Å². The summed E-state index contributed by atoms with van der Waals surface area (Å²) in [5, 5.41) is 12.6. The lowest BCUT2D eigenvalue weighted by Crippen LogP contribution is -2.53. The molecule has 29 heavy (non-hydrogen) atoms. The number of guanidine groups is 1. The fourth-order valence-electron chi connectivity index (χ4n) is 3.25. The zero-order valence-corrected chi connectivity index (χ0v) is 19.2. The third-order valence-electron chi connectivity index (χ3n) is 4.80. The highest BCUT2D eigenvalue weighted by atomic mass is 127. The summed E-state index contributed by atoms with van der Waals surface area (Å²) in [6, 6.07) is 7.83. The number of anilines is 1. The molecule has 1 aromatic heterocycles. The average molecular weight is 512 g/mol. The number of aliphatic imine (C=N–C) groups is 1. The number of hydrogen-bond acceptors (Lipinski definition) is 5. The highest BCUT2D eigenvalue weighted by Crippen LogP contribution is 2.10. The molecule has 0 spiro atoms. The molecule has 1 aromatic carbocycles. The van der Waals surface area contributed by atoms with Crippen molar-refractivity contribution in [1.29, 1.82) is 0 Å². The van der Waals surface area contributed by atoms with Gasteiger partial charge >= 0.3 is 0 Å². The Bertz CT molecular complexity index is 877. The van der Waals surface area contributed by atoms with Crippen LogP contribution < -0.4 is 15.8 Å². The number of aryl methyl sites for hydroxylation is 1. The van der Waals surface area contributed by atoms with E-state index in [1.165, 1.54) is 0 Å². The number of rotatable bonds is 5. The van der Waals surface area contributed by atoms with E-state index in [-0.39, 0.29) is 36.1 Å². The molecule has 2 heterocycles. The van der Waals surface area contributed by atoms with Crippen LogP contribution in [0.25, 0.3) is 0 Å². The van der Waals surface area contributed by atoms with Gasteiger partial charge in [0, 0.05) is 52.2 Å². The number of nitrogens with one attached hydrogen (secondary N) is 1. The predicted molar refractivity (Wildman–Crippen MR) is 126 cm³/mol. The number of nitrogens with zero attached hydrogens (tertiary/aromatic N) is 5. The van der Waals surface area contributed by atoms with Gasteiger partial charge in [0.15, 0.2) is 11.8 Å². The van der Waals surface area contributed by atoms with Crippen molar-refractivity contribution in [2.24, 2.45) is 12.0 Å². The van der Waals surface area contributed by atoms with Gasteiger partial charge in [0.05, 0.1) is 13.2 Å². The molecule has 1 aliphatic heterocycles. The molecule has 0 aliphatic carbocycles. The molecule has 0 atom stereocenters. The molecule has 0 radical (unpaired) electrons. The van der Waals surface area contributed by atoms with Gasteiger partial charge in [0.2, 0.25) is 0 Å². The Hall–Kier alpha value is -2.14. The van der Waals surface area contributed by atoms with Crippen LogP contribution in [-0.4, -0.2) is 58.2 Å². The van der Waals surface area contributed by atoms with Crippen molar-refractivity contribution in [2.45, 2.75) is 20.1 Å². The van der Waals surface area contributed by atoms with E-state index in [0.717, 1.165) is 49.8 Å². The maximum absolute atomic E-state index is 12.3. The summed E-state index contributed by atoms with van der Waals surface area (Å²) in [6.45, 7) is 6.40. The van der Waals surface area contributed by atoms with E-state index in [9.17, 15) is 9.90 Å². The lowest BCUT2D eigenvalue weighted by molar-refractivity contribution is 0.281. The Kier molecular flexibility index (Phi) is 8.90. The molecule has 158 valence electrons. The Labute approximate surface area is 188 Å². The smallest absolute Gasteiger partial charge is 0.293 e. The van der Waals surface area contributed by atoms with Crippen molar-refractivity contribution in [3.05, 3.63) is 58.1 Å². The van der Waals surface area contributed by atoms with Crippen LogP contribution in [-0.2, 0) is 20.2 Å². The lowest BCUT2D eigenvalue weighted by Gasteiger charge is -2.36. The van der Waals surface area contributed by atoms with Crippen molar-refractivity contribution < 1.29 is 5.11 Å². The minimum atomic E-state index is -0.0692. The zero-order valence-electron chi connectivity index (χ0n) is 16.9. The predicted octanol–water partition coefficient (Wildman–Crippen LogP) is 1.18. The third kappa shape index (κ3) is 5.92. The highest BCUT2D eigenvalue weighted by Gasteiger charge is 2.22. The van der Waals surface area contributed by atoms with Crippen LogP contribution >= 0.6 is 24.0 Å². The molecule has 0 unspecified atom stereocenters. The molecule has 1 aliphatic rings. The van der Waals surface area contributed by atoms with Crippen LogP contribution in [0.4, 0.5) is 5.82 Å². The molecular weight excluding hydrogens is 483 g/mol. The first-order valence-corrected chi connectivity index (χ1v) is 9.61. The summed E-state index contributed by atoms with van der Waals surface area (Å²) in [5.41, 5.74) is 1.89. The Morgan fingerprint density at radius 1 is 1.24 bits per heavy atom. The molecule has 1 saturated heterocycles. The molecule has 3 rings (SSSR count). The number of piperazine rings is 1. The zero-order chi connectivity index (χ0) is 19.9. The van der Waals surface area contributed by atoms with Crippen LogP contribution in [0.5, 0.6) is 0 Å². The van der Waals surface area contributed by atoms with Crippen molar-refractivity contribution in [3.8, 4) is 0 Å². The van der Waals surface area contributed by atoms with Crippen LogP contribution in [0, 0.1) is 0 Å². The highest BCUT2D eigenvalue weighted by molar-refractivity contribution is 14.0. The second-order valence-corrected chi connectivity index (χ2v) is 6.79. The van der Waals surface area contributed by atoms with Crippen molar-refractivity contribution in [1.82, 2.24) is 19.8 Å². The van der Waals surface area contributed by atoms with Crippen LogP contribution in [0.15, 0.2) is 46.4 Å². The quantitative estimate of drug-likeness (QED) is 0.356. The molecule has 9 heteroatoms. The second kappa shape index (κ2) is 11.1. The largest absolute Gasteiger partial charge is 0.392 e. The average Bonchev–Trinajstić information content (AvgIpc) is 2.73. The van der Waals surface area contributed by atoms with E-state index >= 15 is 0 Å². The minimum Gasteiger partial charge on any atom is -0.392 e. The number of hydrogen-bond donors (Lipinski definition) is 2. The second-order valence-electron chi connectivity index (χ2n) is 6.79. The molecule has 8 nitrogen and oxygen atoms in total. The van der Waals surface area contributed by atoms with Gasteiger partial charge in [0.1, 0.15) is 0 Å². The first kappa shape index (κ1) is 23.1. The summed E-state index contributed by atoms with van der Waals surface area (Å²) >= 11 is 0. The lowest BCUT2D eigenvalue weighted by atomic mass is 10.1. The van der Waals surface area contributed by atoms with Gasteiger partial charge in [-0.05, 0) is 18.1 Å². The molecule has 0 saturated carbocycles. The number of halogens is 1. The minimum absolute atomic E-state index is 0. The van der Waals surface area contributed by atoms with Gasteiger partial charge in [-0.25, -0.2) is 9.98 Å². The van der Waals surface area contributed by atoms with Gasteiger partial charge in [0.25, 0.3) is 5.56 Å². The van der Waals surface area contributed by atoms with Gasteiger partial charge in [-0.1, -0.05) is 24.3 Å². The standard InChI is InChI=1S/C20H28N6O2.HI/c1-3-21-20(23-14-16-5-4-6-17(13-16)15-27)26-11-9-25(10-12-26)18-19(28)24(2)8-7-22-18;/h4-8,13,27H,3,9-12,14-15H2,1-2H3,(H,21,23);1H. The van der Waals surface area contributed by atoms with Gasteiger partial charge in [-0.15, -0.1) is 24.0 Å². The molecule has 2 N–H and O–H groups in total. The summed E-state index contributed by atoms with van der Waals surface area (Å²) in [6.07, 6.45) is 3.33. The summed E-state index contributed by atoms with van der Waals surface area (Å²) in [7, 11) is 1.74. The van der Waals surface area contributed by atoms with Gasteiger partial charge in [-0.3, -0.25) is 4.79 Å². The van der Waals surface area contributed by atoms with Crippen LogP contribution in [0.3, 0.4) is 0 Å². The SMILES string of the molecule is CCNC(=NCc1cccc(CO)c1)N1CCN(c2nccn(C)c2=O)CC1.I.